The van der Waals surface area contributed by atoms with Gasteiger partial charge in [0, 0.05) is 26.3 Å². The summed E-state index contributed by atoms with van der Waals surface area (Å²) < 4.78 is 50.2. The summed E-state index contributed by atoms with van der Waals surface area (Å²) in [5.41, 5.74) is -0.305. The maximum Gasteiger partial charge on any atom is 0.390 e. The number of halogens is 4. The maximum atomic E-state index is 13.9. The predicted octanol–water partition coefficient (Wildman–Crippen LogP) is 2.68. The number of amides is 1. The number of carbonyl (C=O) groups excluding carboxylic acids is 1. The van der Waals surface area contributed by atoms with Crippen molar-refractivity contribution in [2.24, 2.45) is 0 Å². The number of aromatic nitrogens is 1. The molecule has 1 rings (SSSR count). The van der Waals surface area contributed by atoms with Gasteiger partial charge in [-0.15, -0.1) is 0 Å². The van der Waals surface area contributed by atoms with Gasteiger partial charge in [-0.1, -0.05) is 0 Å². The van der Waals surface area contributed by atoms with Gasteiger partial charge in [-0.05, 0) is 13.0 Å². The molecule has 0 aliphatic carbocycles. The van der Waals surface area contributed by atoms with Gasteiger partial charge < -0.3 is 10.2 Å². The number of alkyl halides is 3. The molecule has 0 aliphatic rings. The molecule has 0 aliphatic heterocycles. The van der Waals surface area contributed by atoms with Crippen molar-refractivity contribution in [3.63, 3.8) is 0 Å². The molecular weight excluding hydrogens is 278 g/mol. The Morgan fingerprint density at radius 2 is 2.10 bits per heavy atom. The Morgan fingerprint density at radius 3 is 2.65 bits per heavy atom. The van der Waals surface area contributed by atoms with Crippen LogP contribution in [0.25, 0.3) is 0 Å². The number of carbonyl (C=O) groups is 1. The highest BCUT2D eigenvalue weighted by molar-refractivity contribution is 5.95. The van der Waals surface area contributed by atoms with Crippen molar-refractivity contribution in [3.8, 4) is 0 Å². The standard InChI is InChI=1S/C12H15F4N3O/c1-3-17-10-9(13)8(4-6-18-10)11(20)19(2)7-5-12(14,15)16/h4,6H,3,5,7H2,1-2H3,(H,17,18). The highest BCUT2D eigenvalue weighted by Crippen LogP contribution is 2.21. The highest BCUT2D eigenvalue weighted by atomic mass is 19.4. The second-order valence-electron chi connectivity index (χ2n) is 4.14. The molecule has 112 valence electrons. The first-order chi connectivity index (χ1) is 9.26. The molecule has 1 amide bonds. The number of nitrogens with zero attached hydrogens (tertiary/aromatic N) is 2. The molecule has 4 nitrogen and oxygen atoms in total. The second-order valence-corrected chi connectivity index (χ2v) is 4.14. The summed E-state index contributed by atoms with van der Waals surface area (Å²) in [7, 11) is 1.20. The fourth-order valence-electron chi connectivity index (χ4n) is 1.50. The Labute approximate surface area is 113 Å². The van der Waals surface area contributed by atoms with Crippen LogP contribution in [0.15, 0.2) is 12.3 Å². The minimum absolute atomic E-state index is 0.0948. The molecule has 0 atom stereocenters. The predicted molar refractivity (Wildman–Crippen MR) is 66.0 cm³/mol. The zero-order valence-corrected chi connectivity index (χ0v) is 11.1. The van der Waals surface area contributed by atoms with Gasteiger partial charge in [0.25, 0.3) is 5.91 Å². The second kappa shape index (κ2) is 6.53. The van der Waals surface area contributed by atoms with Crippen molar-refractivity contribution in [3.05, 3.63) is 23.6 Å². The lowest BCUT2D eigenvalue weighted by Crippen LogP contribution is -2.31. The average Bonchev–Trinajstić information content (AvgIpc) is 2.37. The number of hydrogen-bond acceptors (Lipinski definition) is 3. The summed E-state index contributed by atoms with van der Waals surface area (Å²) in [4.78, 5) is 16.5. The van der Waals surface area contributed by atoms with E-state index in [0.717, 1.165) is 11.0 Å². The molecule has 0 saturated heterocycles. The summed E-state index contributed by atoms with van der Waals surface area (Å²) in [5, 5.41) is 2.63. The fourth-order valence-corrected chi connectivity index (χ4v) is 1.50. The van der Waals surface area contributed by atoms with Gasteiger partial charge in [0.2, 0.25) is 0 Å². The van der Waals surface area contributed by atoms with Crippen molar-refractivity contribution >= 4 is 11.7 Å². The van der Waals surface area contributed by atoms with E-state index in [1.54, 1.807) is 6.92 Å². The molecule has 0 spiro atoms. The van der Waals surface area contributed by atoms with Crippen LogP contribution in [-0.2, 0) is 0 Å². The van der Waals surface area contributed by atoms with Crippen LogP contribution >= 0.6 is 0 Å². The van der Waals surface area contributed by atoms with Gasteiger partial charge in [0.15, 0.2) is 11.6 Å². The van der Waals surface area contributed by atoms with Crippen molar-refractivity contribution in [2.75, 3.05) is 25.5 Å². The van der Waals surface area contributed by atoms with Crippen LogP contribution < -0.4 is 5.32 Å². The Morgan fingerprint density at radius 1 is 1.45 bits per heavy atom. The number of pyridine rings is 1. The molecule has 1 N–H and O–H groups in total. The molecule has 0 bridgehead atoms. The summed E-state index contributed by atoms with van der Waals surface area (Å²) in [6.45, 7) is 1.61. The SMILES string of the molecule is CCNc1nccc(C(=O)N(C)CCC(F)(F)F)c1F. The summed E-state index contributed by atoms with van der Waals surface area (Å²) >= 11 is 0. The molecule has 0 radical (unpaired) electrons. The lowest BCUT2D eigenvalue weighted by molar-refractivity contribution is -0.136. The van der Waals surface area contributed by atoms with E-state index < -0.39 is 30.9 Å². The molecule has 0 unspecified atom stereocenters. The molecule has 1 heterocycles. The van der Waals surface area contributed by atoms with Crippen molar-refractivity contribution in [1.82, 2.24) is 9.88 Å². The number of hydrogen-bond donors (Lipinski definition) is 1. The van der Waals surface area contributed by atoms with E-state index in [2.05, 4.69) is 10.3 Å². The van der Waals surface area contributed by atoms with Crippen LogP contribution in [0.5, 0.6) is 0 Å². The van der Waals surface area contributed by atoms with E-state index in [0.29, 0.717) is 6.54 Å². The minimum atomic E-state index is -4.36. The molecule has 0 fully saturated rings. The molecule has 8 heteroatoms. The first-order valence-electron chi connectivity index (χ1n) is 5.97. The number of nitrogens with one attached hydrogen (secondary N) is 1. The quantitative estimate of drug-likeness (QED) is 0.849. The Hall–Kier alpha value is -1.86. The van der Waals surface area contributed by atoms with E-state index in [1.165, 1.54) is 13.2 Å². The van der Waals surface area contributed by atoms with Gasteiger partial charge in [-0.3, -0.25) is 4.79 Å². The average molecular weight is 293 g/mol. The van der Waals surface area contributed by atoms with Gasteiger partial charge in [0.1, 0.15) is 0 Å². The first-order valence-corrected chi connectivity index (χ1v) is 5.97. The van der Waals surface area contributed by atoms with Gasteiger partial charge in [-0.25, -0.2) is 9.37 Å². The molecule has 20 heavy (non-hydrogen) atoms. The van der Waals surface area contributed by atoms with Crippen molar-refractivity contribution in [2.45, 2.75) is 19.5 Å². The van der Waals surface area contributed by atoms with Crippen LogP contribution in [0, 0.1) is 5.82 Å². The van der Waals surface area contributed by atoms with Gasteiger partial charge >= 0.3 is 6.18 Å². The minimum Gasteiger partial charge on any atom is -0.368 e. The van der Waals surface area contributed by atoms with E-state index in [1.807, 2.05) is 0 Å². The van der Waals surface area contributed by atoms with E-state index in [4.69, 9.17) is 0 Å². The third-order valence-corrected chi connectivity index (χ3v) is 2.54. The smallest absolute Gasteiger partial charge is 0.368 e. The summed E-state index contributed by atoms with van der Waals surface area (Å²) in [6, 6.07) is 1.14. The molecule has 0 aromatic carbocycles. The fraction of sp³-hybridized carbons (Fsp3) is 0.500. The van der Waals surface area contributed by atoms with Crippen LogP contribution in [0.4, 0.5) is 23.4 Å². The highest BCUT2D eigenvalue weighted by Gasteiger charge is 2.29. The monoisotopic (exact) mass is 293 g/mol. The topological polar surface area (TPSA) is 45.2 Å². The summed E-state index contributed by atoms with van der Waals surface area (Å²) in [5.74, 6) is -1.77. The van der Waals surface area contributed by atoms with Crippen LogP contribution in [0.3, 0.4) is 0 Å². The zero-order valence-electron chi connectivity index (χ0n) is 11.1. The Balaban J connectivity index is 2.84. The maximum absolute atomic E-state index is 13.9. The third-order valence-electron chi connectivity index (χ3n) is 2.54. The van der Waals surface area contributed by atoms with E-state index in [9.17, 15) is 22.4 Å². The van der Waals surface area contributed by atoms with Crippen LogP contribution in [-0.4, -0.2) is 42.1 Å². The number of anilines is 1. The number of rotatable bonds is 5. The van der Waals surface area contributed by atoms with Crippen molar-refractivity contribution in [1.29, 1.82) is 0 Å². The van der Waals surface area contributed by atoms with E-state index >= 15 is 0 Å². The first kappa shape index (κ1) is 16.2. The van der Waals surface area contributed by atoms with Crippen LogP contribution in [0.2, 0.25) is 0 Å². The van der Waals surface area contributed by atoms with Gasteiger partial charge in [-0.2, -0.15) is 13.2 Å². The largest absolute Gasteiger partial charge is 0.390 e. The normalized spacial score (nSPS) is 11.3. The Bertz CT molecular complexity index is 476. The lowest BCUT2D eigenvalue weighted by atomic mass is 10.2. The van der Waals surface area contributed by atoms with Crippen molar-refractivity contribution < 1.29 is 22.4 Å². The zero-order chi connectivity index (χ0) is 15.3. The third kappa shape index (κ3) is 4.36. The molecule has 0 saturated carbocycles. The molecule has 1 aromatic rings. The summed E-state index contributed by atoms with van der Waals surface area (Å²) in [6.07, 6.45) is -4.27. The lowest BCUT2D eigenvalue weighted by Gasteiger charge is -2.19. The Kier molecular flexibility index (Phi) is 5.29. The van der Waals surface area contributed by atoms with Crippen LogP contribution in [0.1, 0.15) is 23.7 Å². The van der Waals surface area contributed by atoms with Gasteiger partial charge in [0.05, 0.1) is 12.0 Å². The van der Waals surface area contributed by atoms with E-state index in [-0.39, 0.29) is 11.4 Å². The molecule has 1 aromatic heterocycles. The molecular formula is C12H15F4N3O.